The smallest absolute Gasteiger partial charge is 0.309 e. The summed E-state index contributed by atoms with van der Waals surface area (Å²) in [4.78, 5) is 39.0. The highest BCUT2D eigenvalue weighted by Crippen LogP contribution is 2.77. The molecule has 0 amide bonds. The van der Waals surface area contributed by atoms with Crippen LogP contribution in [0.25, 0.3) is 0 Å². The largest absolute Gasteiger partial charge is 0.481 e. The topological polar surface area (TPSA) is 113 Å². The van der Waals surface area contributed by atoms with Crippen molar-refractivity contribution in [1.29, 1.82) is 0 Å². The zero-order valence-corrected chi connectivity index (χ0v) is 35.1. The number of ketones is 1. The van der Waals surface area contributed by atoms with Crippen LogP contribution < -0.4 is 5.32 Å². The predicted molar refractivity (Wildman–Crippen MR) is 212 cm³/mol. The Morgan fingerprint density at radius 1 is 0.907 bits per heavy atom. The van der Waals surface area contributed by atoms with Crippen molar-refractivity contribution in [3.63, 3.8) is 0 Å². The highest BCUT2D eigenvalue weighted by Gasteiger charge is 2.71. The van der Waals surface area contributed by atoms with Gasteiger partial charge in [0, 0.05) is 34.4 Å². The van der Waals surface area contributed by atoms with Crippen molar-refractivity contribution in [2.24, 2.45) is 56.2 Å². The summed E-state index contributed by atoms with van der Waals surface area (Å²) in [6, 6.07) is 8.08. The van der Waals surface area contributed by atoms with Crippen LogP contribution >= 0.6 is 11.6 Å². The minimum Gasteiger partial charge on any atom is -0.481 e. The zero-order chi connectivity index (χ0) is 39.4. The molecule has 0 aliphatic heterocycles. The highest BCUT2D eigenvalue weighted by atomic mass is 35.5. The molecule has 0 heterocycles. The minimum absolute atomic E-state index is 0.0163. The van der Waals surface area contributed by atoms with Crippen molar-refractivity contribution in [2.45, 2.75) is 157 Å². The second-order valence-electron chi connectivity index (χ2n) is 21.0. The van der Waals surface area contributed by atoms with E-state index >= 15 is 0 Å². The predicted octanol–water partition coefficient (Wildman–Crippen LogP) is 9.67. The Bertz CT molecular complexity index is 1730. The lowest BCUT2D eigenvalue weighted by molar-refractivity contribution is -0.235. The van der Waals surface area contributed by atoms with Crippen LogP contribution in [-0.2, 0) is 24.7 Å². The Morgan fingerprint density at radius 3 is 2.19 bits per heavy atom. The van der Waals surface area contributed by atoms with E-state index in [9.17, 15) is 24.6 Å². The first-order chi connectivity index (χ1) is 25.1. The number of rotatable bonds is 10. The van der Waals surface area contributed by atoms with E-state index < -0.39 is 28.9 Å². The Hall–Kier alpha value is -2.22. The number of Topliss-reactive ketones (excluding diaryl/α,β-unsaturated/α-hetero) is 1. The number of carbonyl (C=O) groups excluding carboxylic acids is 2. The third-order valence-corrected chi connectivity index (χ3v) is 17.5. The third-order valence-electron chi connectivity index (χ3n) is 17.3. The number of ether oxygens (including phenoxy) is 1. The number of aliphatic hydroxyl groups is 1. The number of nitrogens with one attached hydrogen (secondary N) is 1. The number of carboxylic acids is 1. The maximum absolute atomic E-state index is 14.2. The van der Waals surface area contributed by atoms with Gasteiger partial charge in [0.1, 0.15) is 6.10 Å². The molecule has 298 valence electrons. The minimum atomic E-state index is -1.17. The van der Waals surface area contributed by atoms with Gasteiger partial charge in [-0.15, -0.1) is 0 Å². The zero-order valence-electron chi connectivity index (χ0n) is 34.4. The lowest BCUT2D eigenvalue weighted by Crippen LogP contribution is -2.66. The average Bonchev–Trinajstić information content (AvgIpc) is 3.80. The second-order valence-corrected chi connectivity index (χ2v) is 21.5. The van der Waals surface area contributed by atoms with Crippen LogP contribution in [0.2, 0.25) is 5.02 Å². The molecule has 1 aromatic carbocycles. The molecule has 5 saturated carbocycles. The third kappa shape index (κ3) is 5.89. The van der Waals surface area contributed by atoms with Gasteiger partial charge in [0.15, 0.2) is 5.78 Å². The van der Waals surface area contributed by atoms with Crippen LogP contribution in [0.3, 0.4) is 0 Å². The standard InChI is InChI=1S/C46H66ClNO6/c1-27(2)37-31(49)24-45(34(50)26-48-46(22-23-46)28-10-12-29(47)13-11-28)21-20-43(8)30(38(37)45)14-15-33-42(7)18-17-35(54-36(51)25-40(3,4)39(52)53)41(5,6)32(42)16-19-44(33,43)9/h10-13,27,30,32-35,48,50H,14-26H2,1-9H3,(H,52,53)/t30-,32-,33-,34+,35+,42+,43-,44-,45+/m1/s1. The summed E-state index contributed by atoms with van der Waals surface area (Å²) in [5, 5.41) is 26.5. The molecule has 3 N–H and O–H groups in total. The number of fused-ring (bicyclic) bond motifs is 7. The summed E-state index contributed by atoms with van der Waals surface area (Å²) in [5.74, 6) is 0.0483. The number of aliphatic carboxylic acids is 1. The first-order valence-electron chi connectivity index (χ1n) is 21.0. The van der Waals surface area contributed by atoms with Crippen molar-refractivity contribution >= 4 is 29.3 Å². The van der Waals surface area contributed by atoms with Gasteiger partial charge < -0.3 is 20.3 Å². The van der Waals surface area contributed by atoms with Gasteiger partial charge in [-0.05, 0) is 141 Å². The summed E-state index contributed by atoms with van der Waals surface area (Å²) in [6.07, 6.45) is 9.26. The van der Waals surface area contributed by atoms with Crippen molar-refractivity contribution in [1.82, 2.24) is 5.32 Å². The van der Waals surface area contributed by atoms with E-state index in [4.69, 9.17) is 16.3 Å². The molecule has 54 heavy (non-hydrogen) atoms. The summed E-state index contributed by atoms with van der Waals surface area (Å²) in [7, 11) is 0. The van der Waals surface area contributed by atoms with Gasteiger partial charge in [-0.1, -0.05) is 77.8 Å². The molecule has 0 saturated heterocycles. The van der Waals surface area contributed by atoms with Crippen LogP contribution in [0.5, 0.6) is 0 Å². The van der Waals surface area contributed by atoms with Crippen molar-refractivity contribution in [3.8, 4) is 0 Å². The molecule has 5 fully saturated rings. The molecule has 0 radical (unpaired) electrons. The normalized spacial score (nSPS) is 38.6. The summed E-state index contributed by atoms with van der Waals surface area (Å²) < 4.78 is 6.18. The Morgan fingerprint density at radius 2 is 1.57 bits per heavy atom. The van der Waals surface area contributed by atoms with Gasteiger partial charge in [-0.2, -0.15) is 0 Å². The number of hydrogen-bond donors (Lipinski definition) is 3. The molecule has 0 spiro atoms. The van der Waals surface area contributed by atoms with Gasteiger partial charge in [0.2, 0.25) is 0 Å². The maximum Gasteiger partial charge on any atom is 0.309 e. The van der Waals surface area contributed by atoms with Crippen molar-refractivity contribution in [2.75, 3.05) is 6.54 Å². The number of aliphatic hydroxyl groups excluding tert-OH is 1. The quantitative estimate of drug-likeness (QED) is 0.204. The van der Waals surface area contributed by atoms with E-state index in [-0.39, 0.29) is 57.3 Å². The summed E-state index contributed by atoms with van der Waals surface area (Å²) in [5.41, 5.74) is 1.52. The fourth-order valence-electron chi connectivity index (χ4n) is 13.9. The molecule has 6 aliphatic rings. The van der Waals surface area contributed by atoms with Crippen LogP contribution in [0.4, 0.5) is 0 Å². The van der Waals surface area contributed by atoms with Crippen LogP contribution in [0.1, 0.15) is 145 Å². The number of carbonyl (C=O) groups is 3. The van der Waals surface area contributed by atoms with E-state index in [0.717, 1.165) is 74.8 Å². The van der Waals surface area contributed by atoms with E-state index in [1.807, 2.05) is 12.1 Å². The molecular weight excluding hydrogens is 698 g/mol. The molecule has 0 bridgehead atoms. The van der Waals surface area contributed by atoms with Crippen molar-refractivity contribution < 1.29 is 29.3 Å². The maximum atomic E-state index is 14.2. The lowest BCUT2D eigenvalue weighted by atomic mass is 9.33. The SMILES string of the molecule is CC(C)C1=C2[C@H]3CC[C@@H]4[C@@]5(C)CC[C@H](OC(=O)CC(C)(C)C(=O)O)C(C)(C)[C@H]5CC[C@@]4(C)[C@]3(C)CC[C@@]2([C@@H](O)CNC2(c3ccc(Cl)cc3)CC2)CC1=O. The van der Waals surface area contributed by atoms with E-state index in [0.29, 0.717) is 24.8 Å². The van der Waals surface area contributed by atoms with Crippen molar-refractivity contribution in [3.05, 3.63) is 46.0 Å². The van der Waals surface area contributed by atoms with Crippen LogP contribution in [-0.4, -0.2) is 46.7 Å². The first-order valence-corrected chi connectivity index (χ1v) is 21.4. The van der Waals surface area contributed by atoms with Gasteiger partial charge >= 0.3 is 11.9 Å². The Kier molecular flexibility index (Phi) is 9.75. The van der Waals surface area contributed by atoms with E-state index in [1.54, 1.807) is 13.8 Å². The van der Waals surface area contributed by atoms with Gasteiger partial charge in [0.05, 0.1) is 17.9 Å². The van der Waals surface area contributed by atoms with Gasteiger partial charge in [-0.25, -0.2) is 0 Å². The molecule has 7 nitrogen and oxygen atoms in total. The molecule has 0 aromatic heterocycles. The number of carboxylic acid groups (broad SMARTS) is 1. The van der Waals surface area contributed by atoms with Gasteiger partial charge in [0.25, 0.3) is 0 Å². The Balaban J connectivity index is 1.15. The molecule has 9 atom stereocenters. The number of esters is 1. The van der Waals surface area contributed by atoms with Crippen LogP contribution in [0, 0.1) is 56.2 Å². The highest BCUT2D eigenvalue weighted by molar-refractivity contribution is 6.30. The number of benzene rings is 1. The van der Waals surface area contributed by atoms with E-state index in [2.05, 4.69) is 65.9 Å². The number of hydrogen-bond acceptors (Lipinski definition) is 6. The first kappa shape index (κ1) is 40.0. The van der Waals surface area contributed by atoms with E-state index in [1.165, 1.54) is 11.1 Å². The number of halogens is 1. The van der Waals surface area contributed by atoms with Gasteiger partial charge in [-0.3, -0.25) is 14.4 Å². The molecule has 8 heteroatoms. The second kappa shape index (κ2) is 13.2. The molecule has 0 unspecified atom stereocenters. The summed E-state index contributed by atoms with van der Waals surface area (Å²) in [6.45, 7) is 20.1. The molecule has 7 rings (SSSR count). The number of allylic oxidation sites excluding steroid dienone is 1. The fraction of sp³-hybridized carbons (Fsp3) is 0.761. The molecule has 1 aromatic rings. The molecule has 6 aliphatic carbocycles. The Labute approximate surface area is 328 Å². The average molecular weight is 764 g/mol. The monoisotopic (exact) mass is 763 g/mol. The fourth-order valence-corrected chi connectivity index (χ4v) is 14.0. The lowest BCUT2D eigenvalue weighted by Gasteiger charge is -2.72. The molecular formula is C46H66ClNO6. The van der Waals surface area contributed by atoms with Crippen LogP contribution in [0.15, 0.2) is 35.4 Å². The summed E-state index contributed by atoms with van der Waals surface area (Å²) >= 11 is 6.22.